The number of amides is 1. The molecule has 0 spiro atoms. The first kappa shape index (κ1) is 16.0. The Kier molecular flexibility index (Phi) is 5.27. The van der Waals surface area contributed by atoms with Crippen molar-refractivity contribution in [3.05, 3.63) is 52.6 Å². The Bertz CT molecular complexity index is 656. The van der Waals surface area contributed by atoms with Gasteiger partial charge in [0.1, 0.15) is 6.04 Å². The molecule has 6 nitrogen and oxygen atoms in total. The number of ether oxygens (including phenoxy) is 1. The maximum Gasteiger partial charge on any atom is 0.243 e. The molecular weight excluding hydrogens is 316 g/mol. The molecule has 0 unspecified atom stereocenters. The number of hydrogen-bond acceptors (Lipinski definition) is 4. The second kappa shape index (κ2) is 7.59. The molecule has 23 heavy (non-hydrogen) atoms. The molecule has 2 heterocycles. The van der Waals surface area contributed by atoms with E-state index in [9.17, 15) is 4.79 Å². The Morgan fingerprint density at radius 1 is 1.39 bits per heavy atom. The summed E-state index contributed by atoms with van der Waals surface area (Å²) in [5, 5.41) is 6.77. The fraction of sp³-hybridized carbons (Fsp3) is 0.375. The van der Waals surface area contributed by atoms with Crippen molar-refractivity contribution in [3.63, 3.8) is 0 Å². The van der Waals surface area contributed by atoms with Crippen LogP contribution >= 0.6 is 11.6 Å². The number of carbonyl (C=O) groups excluding carboxylic acids is 1. The molecule has 0 fully saturated rings. The summed E-state index contributed by atoms with van der Waals surface area (Å²) in [6, 6.07) is 7.12. The third-order valence-corrected chi connectivity index (χ3v) is 3.99. The zero-order valence-corrected chi connectivity index (χ0v) is 13.4. The van der Waals surface area contributed by atoms with E-state index in [1.54, 1.807) is 6.33 Å². The quantitative estimate of drug-likeness (QED) is 0.701. The summed E-state index contributed by atoms with van der Waals surface area (Å²) in [4.78, 5) is 19.5. The average Bonchev–Trinajstić information content (AvgIpc) is 3.04. The lowest BCUT2D eigenvalue weighted by molar-refractivity contribution is -0.123. The molecule has 7 heteroatoms. The zero-order chi connectivity index (χ0) is 16.1. The first-order chi connectivity index (χ1) is 11.2. The third kappa shape index (κ3) is 4.10. The molecule has 2 aromatic rings. The predicted octanol–water partition coefficient (Wildman–Crippen LogP) is 1.58. The standard InChI is InChI=1S/C16H19ClN4O2/c17-12-3-1-11(2-4-12)9-23-8-7-19-16(22)15-14-13(5-6-18-15)20-10-21-14/h1-4,10,15,18H,5-9H2,(H,19,22)(H,20,21)/t15-/m0/s1. The Balaban J connectivity index is 1.39. The number of halogens is 1. The minimum atomic E-state index is -0.388. The van der Waals surface area contributed by atoms with Crippen molar-refractivity contribution in [2.75, 3.05) is 19.7 Å². The SMILES string of the molecule is O=C(NCCOCc1ccc(Cl)cc1)[C@H]1NCCc2[nH]cnc21. The van der Waals surface area contributed by atoms with Crippen LogP contribution in [0.15, 0.2) is 30.6 Å². The number of carbonyl (C=O) groups is 1. The number of H-pyrrole nitrogens is 1. The van der Waals surface area contributed by atoms with E-state index in [4.69, 9.17) is 16.3 Å². The second-order valence-corrected chi connectivity index (χ2v) is 5.81. The molecule has 1 amide bonds. The number of aromatic amines is 1. The van der Waals surface area contributed by atoms with Crippen molar-refractivity contribution < 1.29 is 9.53 Å². The largest absolute Gasteiger partial charge is 0.375 e. The van der Waals surface area contributed by atoms with Gasteiger partial charge in [-0.2, -0.15) is 0 Å². The van der Waals surface area contributed by atoms with Gasteiger partial charge in [-0.3, -0.25) is 4.79 Å². The molecule has 0 saturated carbocycles. The maximum atomic E-state index is 12.2. The van der Waals surface area contributed by atoms with Gasteiger partial charge >= 0.3 is 0 Å². The van der Waals surface area contributed by atoms with Gasteiger partial charge in [-0.1, -0.05) is 23.7 Å². The highest BCUT2D eigenvalue weighted by Crippen LogP contribution is 2.18. The van der Waals surface area contributed by atoms with Crippen molar-refractivity contribution in [1.29, 1.82) is 0 Å². The van der Waals surface area contributed by atoms with Crippen LogP contribution in [0.1, 0.15) is 23.0 Å². The average molecular weight is 335 g/mol. The molecule has 0 bridgehead atoms. The number of benzene rings is 1. The number of fused-ring (bicyclic) bond motifs is 1. The topological polar surface area (TPSA) is 79.0 Å². The summed E-state index contributed by atoms with van der Waals surface area (Å²) < 4.78 is 5.55. The molecule has 1 aliphatic rings. The molecule has 1 atom stereocenters. The summed E-state index contributed by atoms with van der Waals surface area (Å²) in [6.07, 6.45) is 2.50. The predicted molar refractivity (Wildman–Crippen MR) is 87.2 cm³/mol. The number of nitrogens with zero attached hydrogens (tertiary/aromatic N) is 1. The molecule has 122 valence electrons. The van der Waals surface area contributed by atoms with Gasteiger partial charge in [0, 0.05) is 30.2 Å². The Morgan fingerprint density at radius 3 is 3.04 bits per heavy atom. The van der Waals surface area contributed by atoms with E-state index in [1.807, 2.05) is 24.3 Å². The minimum Gasteiger partial charge on any atom is -0.375 e. The minimum absolute atomic E-state index is 0.0758. The molecule has 0 aliphatic carbocycles. The molecule has 0 radical (unpaired) electrons. The molecule has 1 aliphatic heterocycles. The smallest absolute Gasteiger partial charge is 0.243 e. The fourth-order valence-electron chi connectivity index (χ4n) is 2.55. The van der Waals surface area contributed by atoms with Crippen LogP contribution in [0.5, 0.6) is 0 Å². The van der Waals surface area contributed by atoms with Crippen LogP contribution in [0.3, 0.4) is 0 Å². The fourth-order valence-corrected chi connectivity index (χ4v) is 2.68. The zero-order valence-electron chi connectivity index (χ0n) is 12.6. The van der Waals surface area contributed by atoms with Crippen LogP contribution in [-0.2, 0) is 22.6 Å². The lowest BCUT2D eigenvalue weighted by atomic mass is 10.1. The van der Waals surface area contributed by atoms with Gasteiger partial charge in [0.05, 0.1) is 25.2 Å². The monoisotopic (exact) mass is 334 g/mol. The Morgan fingerprint density at radius 2 is 2.22 bits per heavy atom. The van der Waals surface area contributed by atoms with E-state index in [0.29, 0.717) is 24.8 Å². The van der Waals surface area contributed by atoms with Crippen molar-refractivity contribution in [1.82, 2.24) is 20.6 Å². The lowest BCUT2D eigenvalue weighted by Gasteiger charge is -2.22. The van der Waals surface area contributed by atoms with Crippen LogP contribution < -0.4 is 10.6 Å². The van der Waals surface area contributed by atoms with Crippen LogP contribution in [-0.4, -0.2) is 35.6 Å². The van der Waals surface area contributed by atoms with E-state index in [0.717, 1.165) is 29.9 Å². The lowest BCUT2D eigenvalue weighted by Crippen LogP contribution is -2.42. The highest BCUT2D eigenvalue weighted by Gasteiger charge is 2.27. The summed E-state index contributed by atoms with van der Waals surface area (Å²) in [5.41, 5.74) is 2.87. The highest BCUT2D eigenvalue weighted by molar-refractivity contribution is 6.30. The Labute approximate surface area is 139 Å². The van der Waals surface area contributed by atoms with Gasteiger partial charge in [-0.05, 0) is 17.7 Å². The highest BCUT2D eigenvalue weighted by atomic mass is 35.5. The summed E-state index contributed by atoms with van der Waals surface area (Å²) in [7, 11) is 0. The van der Waals surface area contributed by atoms with Gasteiger partial charge in [-0.15, -0.1) is 0 Å². The maximum absolute atomic E-state index is 12.2. The van der Waals surface area contributed by atoms with E-state index in [-0.39, 0.29) is 11.9 Å². The first-order valence-corrected chi connectivity index (χ1v) is 7.97. The van der Waals surface area contributed by atoms with E-state index >= 15 is 0 Å². The number of hydrogen-bond donors (Lipinski definition) is 3. The van der Waals surface area contributed by atoms with Crippen molar-refractivity contribution in [2.45, 2.75) is 19.1 Å². The van der Waals surface area contributed by atoms with Crippen LogP contribution in [0.2, 0.25) is 5.02 Å². The third-order valence-electron chi connectivity index (χ3n) is 3.74. The van der Waals surface area contributed by atoms with Crippen LogP contribution in [0, 0.1) is 0 Å². The Hall–Kier alpha value is -1.89. The number of imidazole rings is 1. The van der Waals surface area contributed by atoms with Crippen molar-refractivity contribution >= 4 is 17.5 Å². The van der Waals surface area contributed by atoms with Gasteiger partial charge < -0.3 is 20.4 Å². The van der Waals surface area contributed by atoms with Gasteiger partial charge in [0.15, 0.2) is 0 Å². The summed E-state index contributed by atoms with van der Waals surface area (Å²) in [6.45, 7) is 2.18. The normalized spacial score (nSPS) is 16.8. The van der Waals surface area contributed by atoms with E-state index in [1.165, 1.54) is 0 Å². The van der Waals surface area contributed by atoms with Gasteiger partial charge in [0.2, 0.25) is 5.91 Å². The number of rotatable bonds is 6. The molecule has 1 aromatic heterocycles. The molecular formula is C16H19ClN4O2. The van der Waals surface area contributed by atoms with Gasteiger partial charge in [0.25, 0.3) is 0 Å². The second-order valence-electron chi connectivity index (χ2n) is 5.37. The molecule has 3 N–H and O–H groups in total. The summed E-state index contributed by atoms with van der Waals surface area (Å²) in [5.74, 6) is -0.0758. The van der Waals surface area contributed by atoms with Crippen molar-refractivity contribution in [2.24, 2.45) is 0 Å². The number of nitrogens with one attached hydrogen (secondary N) is 3. The molecule has 1 aromatic carbocycles. The molecule has 0 saturated heterocycles. The van der Waals surface area contributed by atoms with Gasteiger partial charge in [-0.25, -0.2) is 4.98 Å². The van der Waals surface area contributed by atoms with Crippen LogP contribution in [0.25, 0.3) is 0 Å². The number of aromatic nitrogens is 2. The van der Waals surface area contributed by atoms with E-state index < -0.39 is 0 Å². The van der Waals surface area contributed by atoms with E-state index in [2.05, 4.69) is 20.6 Å². The summed E-state index contributed by atoms with van der Waals surface area (Å²) >= 11 is 5.83. The van der Waals surface area contributed by atoms with Crippen molar-refractivity contribution in [3.8, 4) is 0 Å². The molecule has 3 rings (SSSR count). The first-order valence-electron chi connectivity index (χ1n) is 7.59. The van der Waals surface area contributed by atoms with Crippen LogP contribution in [0.4, 0.5) is 0 Å².